The highest BCUT2D eigenvalue weighted by Gasteiger charge is 2.23. The molecule has 30 heavy (non-hydrogen) atoms. The van der Waals surface area contributed by atoms with Crippen LogP contribution in [0.4, 0.5) is 0 Å². The summed E-state index contributed by atoms with van der Waals surface area (Å²) in [6.45, 7) is 7.77. The van der Waals surface area contributed by atoms with Gasteiger partial charge in [-0.2, -0.15) is 4.31 Å². The van der Waals surface area contributed by atoms with Crippen molar-refractivity contribution in [3.63, 3.8) is 0 Å². The Kier molecular flexibility index (Phi) is 6.01. The number of hydrogen-bond donors (Lipinski definition) is 1. The maximum Gasteiger partial charge on any atom is 0.251 e. The lowest BCUT2D eigenvalue weighted by Crippen LogP contribution is -2.29. The van der Waals surface area contributed by atoms with Crippen molar-refractivity contribution < 1.29 is 13.2 Å². The SMILES string of the molecule is Cc1ccc(S(=O)(=O)N(C)Cc2nc3cc(C(=O)NC(C)C)ccc3n2C)cc1C. The average molecular weight is 429 g/mol. The van der Waals surface area contributed by atoms with Crippen molar-refractivity contribution in [2.45, 2.75) is 45.2 Å². The maximum atomic E-state index is 13.0. The lowest BCUT2D eigenvalue weighted by molar-refractivity contribution is 0.0943. The number of rotatable bonds is 6. The van der Waals surface area contributed by atoms with Crippen LogP contribution in [0.2, 0.25) is 0 Å². The van der Waals surface area contributed by atoms with Gasteiger partial charge in [-0.3, -0.25) is 4.79 Å². The molecule has 1 aromatic heterocycles. The van der Waals surface area contributed by atoms with Crippen LogP contribution in [0, 0.1) is 13.8 Å². The van der Waals surface area contributed by atoms with Gasteiger partial charge in [-0.15, -0.1) is 0 Å². The summed E-state index contributed by atoms with van der Waals surface area (Å²) in [5.41, 5.74) is 3.99. The fourth-order valence-corrected chi connectivity index (χ4v) is 4.43. The lowest BCUT2D eigenvalue weighted by atomic mass is 10.1. The second-order valence-corrected chi connectivity index (χ2v) is 9.97. The monoisotopic (exact) mass is 428 g/mol. The van der Waals surface area contributed by atoms with Gasteiger partial charge < -0.3 is 9.88 Å². The Bertz CT molecular complexity index is 1210. The second kappa shape index (κ2) is 8.20. The molecule has 0 saturated heterocycles. The van der Waals surface area contributed by atoms with Crippen molar-refractivity contribution in [2.75, 3.05) is 7.05 Å². The van der Waals surface area contributed by atoms with Gasteiger partial charge in [0.15, 0.2) is 0 Å². The molecule has 3 rings (SSSR count). The summed E-state index contributed by atoms with van der Waals surface area (Å²) in [5, 5.41) is 2.86. The van der Waals surface area contributed by atoms with Crippen LogP contribution in [0.3, 0.4) is 0 Å². The topological polar surface area (TPSA) is 84.3 Å². The van der Waals surface area contributed by atoms with E-state index in [-0.39, 0.29) is 23.4 Å². The molecule has 0 spiro atoms. The first-order chi connectivity index (χ1) is 14.0. The third kappa shape index (κ3) is 4.24. The number of nitrogens with one attached hydrogen (secondary N) is 1. The Labute approximate surface area is 177 Å². The molecule has 160 valence electrons. The molecule has 0 atom stereocenters. The maximum absolute atomic E-state index is 13.0. The number of nitrogens with zero attached hydrogens (tertiary/aromatic N) is 3. The van der Waals surface area contributed by atoms with Crippen LogP contribution in [-0.2, 0) is 23.6 Å². The number of imidazole rings is 1. The van der Waals surface area contributed by atoms with E-state index in [4.69, 9.17) is 0 Å². The normalized spacial score (nSPS) is 12.1. The first-order valence-electron chi connectivity index (χ1n) is 9.80. The molecule has 0 radical (unpaired) electrons. The minimum absolute atomic E-state index is 0.0387. The van der Waals surface area contributed by atoms with Crippen LogP contribution in [-0.4, -0.2) is 41.3 Å². The van der Waals surface area contributed by atoms with E-state index in [0.29, 0.717) is 16.9 Å². The molecule has 0 aliphatic heterocycles. The van der Waals surface area contributed by atoms with Gasteiger partial charge in [0.1, 0.15) is 5.82 Å². The third-order valence-electron chi connectivity index (χ3n) is 5.21. The van der Waals surface area contributed by atoms with Crippen molar-refractivity contribution in [3.8, 4) is 0 Å². The molecule has 1 heterocycles. The Morgan fingerprint density at radius 1 is 1.13 bits per heavy atom. The summed E-state index contributed by atoms with van der Waals surface area (Å²) in [4.78, 5) is 17.1. The number of fused-ring (bicyclic) bond motifs is 1. The van der Waals surface area contributed by atoms with Crippen molar-refractivity contribution in [1.29, 1.82) is 0 Å². The van der Waals surface area contributed by atoms with E-state index in [2.05, 4.69) is 10.3 Å². The standard InChI is InChI=1S/C22H28N4O3S/c1-14(2)23-22(27)17-8-10-20-19(12-17)24-21(26(20)6)13-25(5)30(28,29)18-9-7-15(3)16(4)11-18/h7-12,14H,13H2,1-6H3,(H,23,27). The van der Waals surface area contributed by atoms with Crippen molar-refractivity contribution >= 4 is 27.0 Å². The number of carbonyl (C=O) groups excluding carboxylic acids is 1. The zero-order chi connectivity index (χ0) is 22.2. The zero-order valence-electron chi connectivity index (χ0n) is 18.2. The van der Waals surface area contributed by atoms with E-state index in [0.717, 1.165) is 16.6 Å². The van der Waals surface area contributed by atoms with E-state index in [1.807, 2.05) is 51.4 Å². The quantitative estimate of drug-likeness (QED) is 0.654. The van der Waals surface area contributed by atoms with Crippen LogP contribution < -0.4 is 5.32 Å². The smallest absolute Gasteiger partial charge is 0.251 e. The number of amides is 1. The summed E-state index contributed by atoms with van der Waals surface area (Å²) < 4.78 is 29.2. The van der Waals surface area contributed by atoms with Gasteiger partial charge in [-0.25, -0.2) is 13.4 Å². The number of hydrogen-bond acceptors (Lipinski definition) is 4. The molecule has 0 bridgehead atoms. The van der Waals surface area contributed by atoms with Gasteiger partial charge in [0, 0.05) is 25.7 Å². The molecule has 0 aliphatic rings. The zero-order valence-corrected chi connectivity index (χ0v) is 19.0. The molecule has 0 unspecified atom stereocenters. The number of benzene rings is 2. The lowest BCUT2D eigenvalue weighted by Gasteiger charge is -2.17. The first kappa shape index (κ1) is 22.0. The minimum atomic E-state index is -3.65. The molecule has 7 nitrogen and oxygen atoms in total. The number of carbonyl (C=O) groups is 1. The van der Waals surface area contributed by atoms with Gasteiger partial charge in [-0.1, -0.05) is 6.07 Å². The Hall–Kier alpha value is -2.71. The van der Waals surface area contributed by atoms with E-state index in [1.165, 1.54) is 4.31 Å². The van der Waals surface area contributed by atoms with Gasteiger partial charge in [0.25, 0.3) is 5.91 Å². The highest BCUT2D eigenvalue weighted by Crippen LogP contribution is 2.22. The molecule has 0 fully saturated rings. The van der Waals surface area contributed by atoms with Crippen molar-refractivity contribution in [2.24, 2.45) is 7.05 Å². The molecule has 8 heteroatoms. The molecule has 2 aromatic carbocycles. The minimum Gasteiger partial charge on any atom is -0.350 e. The summed E-state index contributed by atoms with van der Waals surface area (Å²) in [5.74, 6) is 0.440. The van der Waals surface area contributed by atoms with Gasteiger partial charge >= 0.3 is 0 Å². The first-order valence-corrected chi connectivity index (χ1v) is 11.2. The highest BCUT2D eigenvalue weighted by molar-refractivity contribution is 7.89. The molecular formula is C22H28N4O3S. The van der Waals surface area contributed by atoms with E-state index in [1.54, 1.807) is 31.3 Å². The molecular weight excluding hydrogens is 400 g/mol. The predicted molar refractivity (Wildman–Crippen MR) is 118 cm³/mol. The number of sulfonamides is 1. The average Bonchev–Trinajstić information content (AvgIpc) is 2.98. The van der Waals surface area contributed by atoms with Crippen LogP contribution in [0.25, 0.3) is 11.0 Å². The molecule has 1 N–H and O–H groups in total. The van der Waals surface area contributed by atoms with Crippen LogP contribution in [0.1, 0.15) is 41.2 Å². The Balaban J connectivity index is 1.90. The molecule has 0 saturated carbocycles. The summed E-state index contributed by atoms with van der Waals surface area (Å²) >= 11 is 0. The van der Waals surface area contributed by atoms with Gasteiger partial charge in [0.05, 0.1) is 22.5 Å². The predicted octanol–water partition coefficient (Wildman–Crippen LogP) is 3.15. The van der Waals surface area contributed by atoms with E-state index < -0.39 is 10.0 Å². The fraction of sp³-hybridized carbons (Fsp3) is 0.364. The van der Waals surface area contributed by atoms with E-state index >= 15 is 0 Å². The largest absolute Gasteiger partial charge is 0.350 e. The van der Waals surface area contributed by atoms with E-state index in [9.17, 15) is 13.2 Å². The highest BCUT2D eigenvalue weighted by atomic mass is 32.2. The van der Waals surface area contributed by atoms with Crippen LogP contribution >= 0.6 is 0 Å². The number of aromatic nitrogens is 2. The Morgan fingerprint density at radius 2 is 1.83 bits per heavy atom. The summed E-state index contributed by atoms with van der Waals surface area (Å²) in [7, 11) is -0.261. The van der Waals surface area contributed by atoms with Crippen molar-refractivity contribution in [3.05, 3.63) is 58.9 Å². The molecule has 0 aliphatic carbocycles. The van der Waals surface area contributed by atoms with Crippen LogP contribution in [0.15, 0.2) is 41.3 Å². The molecule has 1 amide bonds. The second-order valence-electron chi connectivity index (χ2n) is 7.93. The summed E-state index contributed by atoms with van der Waals surface area (Å²) in [6, 6.07) is 10.5. The number of aryl methyl sites for hydroxylation is 3. The third-order valence-corrected chi connectivity index (χ3v) is 7.01. The van der Waals surface area contributed by atoms with Crippen molar-refractivity contribution in [1.82, 2.24) is 19.2 Å². The Morgan fingerprint density at radius 3 is 2.47 bits per heavy atom. The fourth-order valence-electron chi connectivity index (χ4n) is 3.22. The van der Waals surface area contributed by atoms with Gasteiger partial charge in [-0.05, 0) is 69.2 Å². The summed E-state index contributed by atoms with van der Waals surface area (Å²) in [6.07, 6.45) is 0. The molecule has 3 aromatic rings. The van der Waals surface area contributed by atoms with Crippen LogP contribution in [0.5, 0.6) is 0 Å². The van der Waals surface area contributed by atoms with Gasteiger partial charge in [0.2, 0.25) is 10.0 Å².